The van der Waals surface area contributed by atoms with Crippen LogP contribution in [0.3, 0.4) is 0 Å². The van der Waals surface area contributed by atoms with Crippen LogP contribution in [-0.4, -0.2) is 62.4 Å². The highest BCUT2D eigenvalue weighted by Gasteiger charge is 2.43. The van der Waals surface area contributed by atoms with Crippen LogP contribution in [0.15, 0.2) is 23.1 Å². The molecule has 0 saturated carbocycles. The minimum atomic E-state index is -3.49. The quantitative estimate of drug-likeness (QED) is 0.805. The van der Waals surface area contributed by atoms with E-state index in [2.05, 4.69) is 0 Å². The molecule has 0 aliphatic carbocycles. The third-order valence-electron chi connectivity index (χ3n) is 4.92. The van der Waals surface area contributed by atoms with Gasteiger partial charge in [0, 0.05) is 26.7 Å². The Labute approximate surface area is 143 Å². The fraction of sp³-hybridized carbons (Fsp3) is 0.588. The number of benzene rings is 1. The van der Waals surface area contributed by atoms with E-state index >= 15 is 0 Å². The lowest BCUT2D eigenvalue weighted by Crippen LogP contribution is -2.58. The molecule has 132 valence electrons. The fourth-order valence-corrected chi connectivity index (χ4v) is 5.19. The Balaban J connectivity index is 1.75. The molecule has 0 atom stereocenters. The van der Waals surface area contributed by atoms with Crippen molar-refractivity contribution in [1.29, 1.82) is 0 Å². The van der Waals surface area contributed by atoms with Gasteiger partial charge in [-0.3, -0.25) is 4.79 Å². The van der Waals surface area contributed by atoms with Gasteiger partial charge in [-0.25, -0.2) is 8.42 Å². The Hall–Kier alpha value is -1.44. The maximum Gasteiger partial charge on any atom is 0.248 e. The number of carbonyl (C=O) groups excluding carboxylic acids is 1. The van der Waals surface area contributed by atoms with E-state index in [0.717, 1.165) is 11.1 Å². The molecule has 2 saturated heterocycles. The third kappa shape index (κ3) is 3.20. The van der Waals surface area contributed by atoms with Crippen LogP contribution in [0.2, 0.25) is 0 Å². The summed E-state index contributed by atoms with van der Waals surface area (Å²) in [4.78, 5) is 13.6. The van der Waals surface area contributed by atoms with E-state index in [0.29, 0.717) is 37.4 Å². The molecule has 0 aromatic heterocycles. The second-order valence-electron chi connectivity index (χ2n) is 6.95. The summed E-state index contributed by atoms with van der Waals surface area (Å²) < 4.78 is 33.1. The molecule has 2 heterocycles. The van der Waals surface area contributed by atoms with Crippen LogP contribution in [0.25, 0.3) is 0 Å². The van der Waals surface area contributed by atoms with Crippen molar-refractivity contribution < 1.29 is 17.9 Å². The molecule has 1 aromatic rings. The molecule has 0 unspecified atom stereocenters. The second-order valence-corrected chi connectivity index (χ2v) is 8.89. The predicted octanol–water partition coefficient (Wildman–Crippen LogP) is 1.32. The first-order valence-corrected chi connectivity index (χ1v) is 9.62. The van der Waals surface area contributed by atoms with E-state index < -0.39 is 15.6 Å². The van der Waals surface area contributed by atoms with Gasteiger partial charge >= 0.3 is 0 Å². The number of hydrogen-bond donors (Lipinski definition) is 0. The van der Waals surface area contributed by atoms with Crippen LogP contribution in [0, 0.1) is 13.8 Å². The van der Waals surface area contributed by atoms with E-state index in [4.69, 9.17) is 4.74 Å². The Morgan fingerprint density at radius 1 is 1.08 bits per heavy atom. The molecule has 6 nitrogen and oxygen atoms in total. The zero-order valence-corrected chi connectivity index (χ0v) is 15.2. The highest BCUT2D eigenvalue weighted by Crippen LogP contribution is 2.32. The first-order chi connectivity index (χ1) is 11.2. The van der Waals surface area contributed by atoms with Crippen molar-refractivity contribution in [1.82, 2.24) is 9.21 Å². The van der Waals surface area contributed by atoms with Gasteiger partial charge in [0.15, 0.2) is 0 Å². The van der Waals surface area contributed by atoms with Crippen LogP contribution < -0.4 is 0 Å². The molecule has 2 aliphatic rings. The average Bonchev–Trinajstić information content (AvgIpc) is 2.51. The lowest BCUT2D eigenvalue weighted by molar-refractivity contribution is -0.167. The molecule has 1 aromatic carbocycles. The predicted molar refractivity (Wildman–Crippen MR) is 90.2 cm³/mol. The van der Waals surface area contributed by atoms with Crippen LogP contribution in [0.1, 0.15) is 24.0 Å². The summed E-state index contributed by atoms with van der Waals surface area (Å²) >= 11 is 0. The zero-order chi connectivity index (χ0) is 17.5. The number of morpholine rings is 1. The minimum Gasteiger partial charge on any atom is -0.363 e. The average molecular weight is 352 g/mol. The summed E-state index contributed by atoms with van der Waals surface area (Å²) in [6.45, 7) is 5.25. The van der Waals surface area contributed by atoms with E-state index in [9.17, 15) is 13.2 Å². The van der Waals surface area contributed by atoms with E-state index in [-0.39, 0.29) is 12.5 Å². The zero-order valence-electron chi connectivity index (χ0n) is 14.4. The van der Waals surface area contributed by atoms with Crippen molar-refractivity contribution in [2.24, 2.45) is 0 Å². The van der Waals surface area contributed by atoms with Gasteiger partial charge in [-0.05, 0) is 49.9 Å². The third-order valence-corrected chi connectivity index (χ3v) is 6.80. The Bertz CT molecular complexity index is 732. The minimum absolute atomic E-state index is 0.0223. The number of piperidine rings is 1. The molecule has 2 aliphatic heterocycles. The Morgan fingerprint density at radius 2 is 1.67 bits per heavy atom. The SMILES string of the molecule is Cc1cc(C)cc(S(=O)(=O)N2CCC3(CC2)CN(C)C(=O)CO3)c1. The standard InChI is InChI=1S/C17H24N2O4S/c1-13-8-14(2)10-15(9-13)24(21,22)19-6-4-17(5-7-19)12-18(3)16(20)11-23-17/h8-10H,4-7,11-12H2,1-3H3. The fourth-order valence-electron chi connectivity index (χ4n) is 3.56. The summed E-state index contributed by atoms with van der Waals surface area (Å²) in [6, 6.07) is 5.40. The van der Waals surface area contributed by atoms with Gasteiger partial charge in [0.1, 0.15) is 6.61 Å². The maximum atomic E-state index is 12.9. The Morgan fingerprint density at radius 3 is 2.21 bits per heavy atom. The number of carbonyl (C=O) groups is 1. The normalized spacial score (nSPS) is 22.1. The smallest absolute Gasteiger partial charge is 0.248 e. The molecule has 0 radical (unpaired) electrons. The lowest BCUT2D eigenvalue weighted by atomic mass is 9.90. The molecule has 2 fully saturated rings. The van der Waals surface area contributed by atoms with Gasteiger partial charge in [-0.1, -0.05) is 6.07 Å². The first-order valence-electron chi connectivity index (χ1n) is 8.18. The van der Waals surface area contributed by atoms with E-state index in [1.54, 1.807) is 24.1 Å². The lowest BCUT2D eigenvalue weighted by Gasteiger charge is -2.45. The molecule has 1 spiro atoms. The summed E-state index contributed by atoms with van der Waals surface area (Å²) in [5.41, 5.74) is 1.48. The van der Waals surface area contributed by atoms with Gasteiger partial charge < -0.3 is 9.64 Å². The Kier molecular flexibility index (Phi) is 4.44. The molecule has 24 heavy (non-hydrogen) atoms. The van der Waals surface area contributed by atoms with Crippen molar-refractivity contribution >= 4 is 15.9 Å². The van der Waals surface area contributed by atoms with Crippen molar-refractivity contribution in [2.45, 2.75) is 37.2 Å². The van der Waals surface area contributed by atoms with Gasteiger partial charge in [-0.2, -0.15) is 4.31 Å². The van der Waals surface area contributed by atoms with Crippen molar-refractivity contribution in [3.63, 3.8) is 0 Å². The monoisotopic (exact) mass is 352 g/mol. The summed E-state index contributed by atoms with van der Waals surface area (Å²) in [6.07, 6.45) is 1.21. The summed E-state index contributed by atoms with van der Waals surface area (Å²) in [5, 5.41) is 0. The molecular weight excluding hydrogens is 328 g/mol. The van der Waals surface area contributed by atoms with Crippen molar-refractivity contribution in [2.75, 3.05) is 33.3 Å². The van der Waals surface area contributed by atoms with Gasteiger partial charge in [0.2, 0.25) is 15.9 Å². The number of likely N-dealkylation sites (N-methyl/N-ethyl adjacent to an activating group) is 1. The van der Waals surface area contributed by atoms with Gasteiger partial charge in [0.05, 0.1) is 10.5 Å². The van der Waals surface area contributed by atoms with E-state index in [1.807, 2.05) is 19.9 Å². The first kappa shape index (κ1) is 17.4. The largest absolute Gasteiger partial charge is 0.363 e. The highest BCUT2D eigenvalue weighted by atomic mass is 32.2. The molecule has 1 amide bonds. The van der Waals surface area contributed by atoms with Crippen LogP contribution in [0.5, 0.6) is 0 Å². The molecule has 3 rings (SSSR count). The topological polar surface area (TPSA) is 66.9 Å². The highest BCUT2D eigenvalue weighted by molar-refractivity contribution is 7.89. The molecule has 7 heteroatoms. The van der Waals surface area contributed by atoms with Crippen LogP contribution in [-0.2, 0) is 19.6 Å². The number of hydrogen-bond acceptors (Lipinski definition) is 4. The number of sulfonamides is 1. The number of ether oxygens (including phenoxy) is 1. The van der Waals surface area contributed by atoms with Crippen LogP contribution >= 0.6 is 0 Å². The number of rotatable bonds is 2. The molecule has 0 N–H and O–H groups in total. The number of aryl methyl sites for hydroxylation is 2. The summed E-state index contributed by atoms with van der Waals surface area (Å²) in [7, 11) is -1.72. The maximum absolute atomic E-state index is 12.9. The molecular formula is C17H24N2O4S. The summed E-state index contributed by atoms with van der Waals surface area (Å²) in [5.74, 6) is -0.0223. The number of amides is 1. The number of nitrogens with zero attached hydrogens (tertiary/aromatic N) is 2. The van der Waals surface area contributed by atoms with E-state index in [1.165, 1.54) is 4.31 Å². The second kappa shape index (κ2) is 6.13. The van der Waals surface area contributed by atoms with Crippen molar-refractivity contribution in [3.05, 3.63) is 29.3 Å². The van der Waals surface area contributed by atoms with Gasteiger partial charge in [-0.15, -0.1) is 0 Å². The van der Waals surface area contributed by atoms with Gasteiger partial charge in [0.25, 0.3) is 0 Å². The van der Waals surface area contributed by atoms with Crippen LogP contribution in [0.4, 0.5) is 0 Å². The van der Waals surface area contributed by atoms with Crippen molar-refractivity contribution in [3.8, 4) is 0 Å². The molecule has 0 bridgehead atoms.